The van der Waals surface area contributed by atoms with Gasteiger partial charge in [-0.3, -0.25) is 0 Å². The van der Waals surface area contributed by atoms with Gasteiger partial charge < -0.3 is 10.2 Å². The number of hydrogen-bond donors (Lipinski definition) is 1. The first kappa shape index (κ1) is 15.8. The number of nitrogens with one attached hydrogen (secondary N) is 1. The molecule has 0 atom stereocenters. The number of halogens is 1. The molecular weight excluding hydrogens is 314 g/mol. The van der Waals surface area contributed by atoms with Gasteiger partial charge in [0.25, 0.3) is 0 Å². The van der Waals surface area contributed by atoms with Crippen molar-refractivity contribution in [3.05, 3.63) is 22.3 Å². The van der Waals surface area contributed by atoms with E-state index in [4.69, 9.17) is 0 Å². The molecule has 3 nitrogen and oxygen atoms in total. The molecule has 20 heavy (non-hydrogen) atoms. The number of aromatic nitrogens is 1. The first-order valence-electron chi connectivity index (χ1n) is 7.62. The fourth-order valence-corrected chi connectivity index (χ4v) is 2.97. The molecule has 0 aromatic carbocycles. The summed E-state index contributed by atoms with van der Waals surface area (Å²) in [5, 5.41) is 3.52. The van der Waals surface area contributed by atoms with Crippen LogP contribution in [0.3, 0.4) is 0 Å². The van der Waals surface area contributed by atoms with Gasteiger partial charge in [-0.2, -0.15) is 0 Å². The fourth-order valence-electron chi connectivity index (χ4n) is 2.59. The molecule has 1 aromatic heterocycles. The Morgan fingerprint density at radius 2 is 2.20 bits per heavy atom. The van der Waals surface area contributed by atoms with Gasteiger partial charge in [-0.15, -0.1) is 0 Å². The van der Waals surface area contributed by atoms with E-state index >= 15 is 0 Å². The van der Waals surface area contributed by atoms with E-state index in [0.29, 0.717) is 5.92 Å². The summed E-state index contributed by atoms with van der Waals surface area (Å²) in [7, 11) is 2.17. The predicted molar refractivity (Wildman–Crippen MR) is 89.1 cm³/mol. The third-order valence-electron chi connectivity index (χ3n) is 3.90. The Hall–Kier alpha value is -0.610. The van der Waals surface area contributed by atoms with E-state index in [1.807, 2.05) is 6.20 Å². The summed E-state index contributed by atoms with van der Waals surface area (Å²) < 4.78 is 1.06. The summed E-state index contributed by atoms with van der Waals surface area (Å²) in [5.41, 5.74) is 1.28. The third kappa shape index (κ3) is 4.45. The van der Waals surface area contributed by atoms with Crippen molar-refractivity contribution in [1.82, 2.24) is 10.3 Å². The number of pyridine rings is 1. The Bertz CT molecular complexity index is 430. The van der Waals surface area contributed by atoms with E-state index in [1.165, 1.54) is 24.8 Å². The highest BCUT2D eigenvalue weighted by atomic mass is 79.9. The van der Waals surface area contributed by atoms with Crippen LogP contribution in [0.15, 0.2) is 16.7 Å². The maximum atomic E-state index is 4.63. The van der Waals surface area contributed by atoms with E-state index < -0.39 is 0 Å². The smallest absolute Gasteiger partial charge is 0.132 e. The highest BCUT2D eigenvalue weighted by Crippen LogP contribution is 2.29. The van der Waals surface area contributed by atoms with Crippen LogP contribution in [0.1, 0.15) is 38.7 Å². The summed E-state index contributed by atoms with van der Waals surface area (Å²) in [6, 6.07) is 2.19. The van der Waals surface area contributed by atoms with Crippen LogP contribution in [0.25, 0.3) is 0 Å². The Labute approximate surface area is 131 Å². The lowest BCUT2D eigenvalue weighted by Gasteiger charge is -2.31. The van der Waals surface area contributed by atoms with Crippen LogP contribution in [0, 0.1) is 11.8 Å². The highest BCUT2D eigenvalue weighted by molar-refractivity contribution is 9.10. The van der Waals surface area contributed by atoms with E-state index in [9.17, 15) is 0 Å². The SMILES string of the molecule is CC(C)CNCc1cc(Br)cnc1N(C)CC1CCC1. The summed E-state index contributed by atoms with van der Waals surface area (Å²) >= 11 is 3.53. The van der Waals surface area contributed by atoms with Gasteiger partial charge in [-0.1, -0.05) is 20.3 Å². The van der Waals surface area contributed by atoms with Crippen molar-refractivity contribution in [2.45, 2.75) is 39.7 Å². The molecule has 1 saturated carbocycles. The molecule has 0 spiro atoms. The second-order valence-corrected chi connectivity index (χ2v) is 7.25. The molecule has 112 valence electrons. The molecule has 1 fully saturated rings. The largest absolute Gasteiger partial charge is 0.359 e. The average molecular weight is 340 g/mol. The van der Waals surface area contributed by atoms with Crippen molar-refractivity contribution in [3.8, 4) is 0 Å². The normalized spacial score (nSPS) is 15.4. The molecule has 4 heteroatoms. The lowest BCUT2D eigenvalue weighted by molar-refractivity contribution is 0.321. The second-order valence-electron chi connectivity index (χ2n) is 6.34. The van der Waals surface area contributed by atoms with Crippen molar-refractivity contribution in [2.24, 2.45) is 11.8 Å². The second kappa shape index (κ2) is 7.41. The van der Waals surface area contributed by atoms with Crippen LogP contribution in [0.2, 0.25) is 0 Å². The zero-order valence-electron chi connectivity index (χ0n) is 12.8. The van der Waals surface area contributed by atoms with E-state index in [-0.39, 0.29) is 0 Å². The molecule has 0 aliphatic heterocycles. The number of nitrogens with zero attached hydrogens (tertiary/aromatic N) is 2. The molecule has 1 aliphatic rings. The van der Waals surface area contributed by atoms with E-state index in [2.05, 4.69) is 58.1 Å². The lowest BCUT2D eigenvalue weighted by Crippen LogP contribution is -2.31. The third-order valence-corrected chi connectivity index (χ3v) is 4.33. The maximum Gasteiger partial charge on any atom is 0.132 e. The number of anilines is 1. The molecular formula is C16H26BrN3. The van der Waals surface area contributed by atoms with Gasteiger partial charge in [0.05, 0.1) is 0 Å². The van der Waals surface area contributed by atoms with Crippen LogP contribution in [-0.2, 0) is 6.54 Å². The minimum Gasteiger partial charge on any atom is -0.359 e. The minimum atomic E-state index is 0.672. The first-order valence-corrected chi connectivity index (χ1v) is 8.42. The van der Waals surface area contributed by atoms with Gasteiger partial charge in [0.2, 0.25) is 0 Å². The molecule has 2 rings (SSSR count). The summed E-state index contributed by atoms with van der Waals surface area (Å²) in [6.07, 6.45) is 6.05. The van der Waals surface area contributed by atoms with Gasteiger partial charge in [0.15, 0.2) is 0 Å². The Morgan fingerprint density at radius 1 is 1.45 bits per heavy atom. The first-order chi connectivity index (χ1) is 9.56. The van der Waals surface area contributed by atoms with Crippen LogP contribution in [0.4, 0.5) is 5.82 Å². The fraction of sp³-hybridized carbons (Fsp3) is 0.688. The van der Waals surface area contributed by atoms with E-state index in [1.54, 1.807) is 0 Å². The Balaban J connectivity index is 2.01. The molecule has 1 heterocycles. The predicted octanol–water partition coefficient (Wildman–Crippen LogP) is 3.83. The number of rotatable bonds is 7. The van der Waals surface area contributed by atoms with Crippen molar-refractivity contribution in [2.75, 3.05) is 25.0 Å². The quantitative estimate of drug-likeness (QED) is 0.818. The van der Waals surface area contributed by atoms with Crippen LogP contribution in [0.5, 0.6) is 0 Å². The van der Waals surface area contributed by atoms with Crippen molar-refractivity contribution < 1.29 is 0 Å². The summed E-state index contributed by atoms with van der Waals surface area (Å²) in [4.78, 5) is 6.95. The Morgan fingerprint density at radius 3 is 2.80 bits per heavy atom. The van der Waals surface area contributed by atoms with Crippen LogP contribution >= 0.6 is 15.9 Å². The molecule has 1 aromatic rings. The number of hydrogen-bond acceptors (Lipinski definition) is 3. The zero-order valence-corrected chi connectivity index (χ0v) is 14.4. The maximum absolute atomic E-state index is 4.63. The molecule has 0 radical (unpaired) electrons. The topological polar surface area (TPSA) is 28.2 Å². The molecule has 1 N–H and O–H groups in total. The molecule has 1 aliphatic carbocycles. The van der Waals surface area contributed by atoms with Gasteiger partial charge >= 0.3 is 0 Å². The van der Waals surface area contributed by atoms with Gasteiger partial charge in [0.1, 0.15) is 5.82 Å². The standard InChI is InChI=1S/C16H26BrN3/c1-12(2)8-18-9-14-7-15(17)10-19-16(14)20(3)11-13-5-4-6-13/h7,10,12-13,18H,4-6,8-9,11H2,1-3H3. The van der Waals surface area contributed by atoms with E-state index in [0.717, 1.165) is 35.8 Å². The van der Waals surface area contributed by atoms with Gasteiger partial charge in [-0.05, 0) is 53.2 Å². The minimum absolute atomic E-state index is 0.672. The van der Waals surface area contributed by atoms with Crippen molar-refractivity contribution in [3.63, 3.8) is 0 Å². The molecule has 0 bridgehead atoms. The molecule has 0 unspecified atom stereocenters. The Kier molecular flexibility index (Phi) is 5.85. The summed E-state index contributed by atoms with van der Waals surface area (Å²) in [5.74, 6) is 2.66. The van der Waals surface area contributed by atoms with Gasteiger partial charge in [0, 0.05) is 36.4 Å². The molecule has 0 amide bonds. The van der Waals surface area contributed by atoms with Gasteiger partial charge in [-0.25, -0.2) is 4.98 Å². The monoisotopic (exact) mass is 339 g/mol. The average Bonchev–Trinajstić information content (AvgIpc) is 2.33. The zero-order chi connectivity index (χ0) is 14.5. The highest BCUT2D eigenvalue weighted by Gasteiger charge is 2.20. The lowest BCUT2D eigenvalue weighted by atomic mass is 9.85. The van der Waals surface area contributed by atoms with Crippen molar-refractivity contribution >= 4 is 21.7 Å². The van der Waals surface area contributed by atoms with Crippen molar-refractivity contribution in [1.29, 1.82) is 0 Å². The van der Waals surface area contributed by atoms with Crippen LogP contribution < -0.4 is 10.2 Å². The summed E-state index contributed by atoms with van der Waals surface area (Å²) in [6.45, 7) is 7.52. The molecule has 0 saturated heterocycles. The van der Waals surface area contributed by atoms with Crippen LogP contribution in [-0.4, -0.2) is 25.1 Å².